The predicted octanol–water partition coefficient (Wildman–Crippen LogP) is 1.37. The fourth-order valence-corrected chi connectivity index (χ4v) is 2.52. The maximum Gasteiger partial charge on any atom is 0.227 e. The second-order valence-corrected chi connectivity index (χ2v) is 5.13. The summed E-state index contributed by atoms with van der Waals surface area (Å²) in [5.74, 6) is 0.972. The molecule has 1 aliphatic rings. The van der Waals surface area contributed by atoms with E-state index >= 15 is 0 Å². The molecule has 2 rings (SSSR count). The zero-order valence-electron chi connectivity index (χ0n) is 11.9. The summed E-state index contributed by atoms with van der Waals surface area (Å²) in [6.07, 6.45) is 0.412. The van der Waals surface area contributed by atoms with Gasteiger partial charge in [-0.3, -0.25) is 4.79 Å². The summed E-state index contributed by atoms with van der Waals surface area (Å²) < 4.78 is 5.33. The molecule has 1 aliphatic heterocycles. The van der Waals surface area contributed by atoms with E-state index < -0.39 is 0 Å². The largest absolute Gasteiger partial charge is 0.496 e. The Morgan fingerprint density at radius 3 is 3.00 bits per heavy atom. The van der Waals surface area contributed by atoms with Gasteiger partial charge in [0.2, 0.25) is 5.91 Å². The number of hydrogen-bond acceptors (Lipinski definition) is 3. The summed E-state index contributed by atoms with van der Waals surface area (Å²) in [6, 6.07) is 6.22. The quantitative estimate of drug-likeness (QED) is 0.894. The first-order chi connectivity index (χ1) is 9.11. The lowest BCUT2D eigenvalue weighted by molar-refractivity contribution is -0.133. The minimum absolute atomic E-state index is 0.179. The van der Waals surface area contributed by atoms with E-state index in [0.717, 1.165) is 36.5 Å². The number of carbonyl (C=O) groups is 1. The van der Waals surface area contributed by atoms with E-state index in [1.165, 1.54) is 0 Å². The highest BCUT2D eigenvalue weighted by Gasteiger charge is 2.23. The van der Waals surface area contributed by atoms with Crippen molar-refractivity contribution < 1.29 is 9.53 Å². The molecule has 1 atom stereocenters. The minimum Gasteiger partial charge on any atom is -0.496 e. The van der Waals surface area contributed by atoms with Gasteiger partial charge in [-0.25, -0.2) is 0 Å². The number of methoxy groups -OCH3 is 1. The predicted molar refractivity (Wildman–Crippen MR) is 75.5 cm³/mol. The Hall–Kier alpha value is -1.55. The second-order valence-electron chi connectivity index (χ2n) is 5.13. The zero-order valence-corrected chi connectivity index (χ0v) is 11.9. The smallest absolute Gasteiger partial charge is 0.227 e. The van der Waals surface area contributed by atoms with Crippen LogP contribution in [0.4, 0.5) is 0 Å². The Bertz CT molecular complexity index is 459. The van der Waals surface area contributed by atoms with Crippen LogP contribution < -0.4 is 10.1 Å². The number of piperazine rings is 1. The van der Waals surface area contributed by atoms with Crippen molar-refractivity contribution in [3.63, 3.8) is 0 Å². The Morgan fingerprint density at radius 2 is 2.32 bits per heavy atom. The Kier molecular flexibility index (Phi) is 4.43. The molecule has 1 fully saturated rings. The summed E-state index contributed by atoms with van der Waals surface area (Å²) in [5.41, 5.74) is 2.12. The summed E-state index contributed by atoms with van der Waals surface area (Å²) in [7, 11) is 1.64. The van der Waals surface area contributed by atoms with Crippen molar-refractivity contribution in [1.82, 2.24) is 10.2 Å². The molecule has 4 nitrogen and oxygen atoms in total. The fraction of sp³-hybridized carbons (Fsp3) is 0.533. The Morgan fingerprint density at radius 1 is 1.53 bits per heavy atom. The van der Waals surface area contributed by atoms with Crippen LogP contribution in [-0.2, 0) is 11.2 Å². The number of carbonyl (C=O) groups excluding carboxylic acids is 1. The lowest BCUT2D eigenvalue weighted by atomic mass is 10.1. The highest BCUT2D eigenvalue weighted by atomic mass is 16.5. The molecule has 1 aromatic rings. The van der Waals surface area contributed by atoms with Crippen LogP contribution >= 0.6 is 0 Å². The van der Waals surface area contributed by atoms with Crippen LogP contribution in [-0.4, -0.2) is 43.6 Å². The van der Waals surface area contributed by atoms with Crippen LogP contribution in [0.25, 0.3) is 0 Å². The third-order valence-electron chi connectivity index (χ3n) is 3.60. The Balaban J connectivity index is 2.11. The van der Waals surface area contributed by atoms with Gasteiger partial charge in [0.05, 0.1) is 13.5 Å². The molecule has 19 heavy (non-hydrogen) atoms. The number of hydrogen-bond donors (Lipinski definition) is 1. The first-order valence-corrected chi connectivity index (χ1v) is 6.75. The molecule has 1 N–H and O–H groups in total. The molecule has 0 saturated carbocycles. The van der Waals surface area contributed by atoms with Crippen LogP contribution in [0.5, 0.6) is 5.75 Å². The van der Waals surface area contributed by atoms with E-state index in [1.807, 2.05) is 30.0 Å². The number of nitrogens with one attached hydrogen (secondary N) is 1. The monoisotopic (exact) mass is 262 g/mol. The average molecular weight is 262 g/mol. The van der Waals surface area contributed by atoms with Gasteiger partial charge in [0.15, 0.2) is 0 Å². The van der Waals surface area contributed by atoms with Crippen molar-refractivity contribution in [1.29, 1.82) is 0 Å². The van der Waals surface area contributed by atoms with Crippen LogP contribution in [0.15, 0.2) is 18.2 Å². The number of aryl methyl sites for hydroxylation is 1. The molecule has 1 aromatic carbocycles. The number of benzene rings is 1. The first-order valence-electron chi connectivity index (χ1n) is 6.75. The van der Waals surface area contributed by atoms with Crippen molar-refractivity contribution >= 4 is 5.91 Å². The van der Waals surface area contributed by atoms with Crippen molar-refractivity contribution in [2.75, 3.05) is 26.7 Å². The molecule has 0 aromatic heterocycles. The summed E-state index contributed by atoms with van der Waals surface area (Å²) in [4.78, 5) is 14.4. The van der Waals surface area contributed by atoms with Crippen molar-refractivity contribution in [2.24, 2.45) is 0 Å². The van der Waals surface area contributed by atoms with E-state index in [9.17, 15) is 4.79 Å². The SMILES string of the molecule is COc1ccc(C)cc1CC(=O)N1CCNC[C@H]1C. The molecule has 4 heteroatoms. The molecule has 1 heterocycles. The van der Waals surface area contributed by atoms with Crippen LogP contribution in [0.3, 0.4) is 0 Å². The van der Waals surface area contributed by atoms with E-state index in [1.54, 1.807) is 7.11 Å². The second kappa shape index (κ2) is 6.06. The van der Waals surface area contributed by atoms with Gasteiger partial charge in [0.25, 0.3) is 0 Å². The first kappa shape index (κ1) is 13.9. The topological polar surface area (TPSA) is 41.6 Å². The third-order valence-corrected chi connectivity index (χ3v) is 3.60. The molecule has 1 amide bonds. The van der Waals surface area contributed by atoms with Gasteiger partial charge in [-0.15, -0.1) is 0 Å². The number of ether oxygens (including phenoxy) is 1. The van der Waals surface area contributed by atoms with Gasteiger partial charge < -0.3 is 15.0 Å². The van der Waals surface area contributed by atoms with Gasteiger partial charge in [0.1, 0.15) is 5.75 Å². The van der Waals surface area contributed by atoms with Crippen LogP contribution in [0.2, 0.25) is 0 Å². The van der Waals surface area contributed by atoms with Gasteiger partial charge >= 0.3 is 0 Å². The standard InChI is InChI=1S/C15H22N2O2/c1-11-4-5-14(19-3)13(8-11)9-15(18)17-7-6-16-10-12(17)2/h4-5,8,12,16H,6-7,9-10H2,1-3H3/t12-/m1/s1. The summed E-state index contributed by atoms with van der Waals surface area (Å²) in [5, 5.41) is 3.30. The highest BCUT2D eigenvalue weighted by molar-refractivity contribution is 5.80. The van der Waals surface area contributed by atoms with Gasteiger partial charge in [0, 0.05) is 31.2 Å². The molecule has 1 saturated heterocycles. The molecule has 0 spiro atoms. The fourth-order valence-electron chi connectivity index (χ4n) is 2.52. The molecule has 0 aliphatic carbocycles. The molecule has 0 radical (unpaired) electrons. The summed E-state index contributed by atoms with van der Waals surface area (Å²) in [6.45, 7) is 6.64. The molecular formula is C15H22N2O2. The molecule has 0 bridgehead atoms. The van der Waals surface area contributed by atoms with E-state index in [4.69, 9.17) is 4.74 Å². The van der Waals surface area contributed by atoms with E-state index in [-0.39, 0.29) is 11.9 Å². The van der Waals surface area contributed by atoms with E-state index in [2.05, 4.69) is 12.2 Å². The summed E-state index contributed by atoms with van der Waals surface area (Å²) >= 11 is 0. The van der Waals surface area contributed by atoms with Crippen molar-refractivity contribution in [3.8, 4) is 5.75 Å². The van der Waals surface area contributed by atoms with Gasteiger partial charge in [-0.2, -0.15) is 0 Å². The maximum absolute atomic E-state index is 12.4. The number of rotatable bonds is 3. The minimum atomic E-state index is 0.179. The van der Waals surface area contributed by atoms with E-state index in [0.29, 0.717) is 6.42 Å². The van der Waals surface area contributed by atoms with Crippen LogP contribution in [0, 0.1) is 6.92 Å². The Labute approximate surface area is 114 Å². The molecule has 0 unspecified atom stereocenters. The van der Waals surface area contributed by atoms with Gasteiger partial charge in [-0.1, -0.05) is 17.7 Å². The molecule has 104 valence electrons. The van der Waals surface area contributed by atoms with Gasteiger partial charge in [-0.05, 0) is 19.9 Å². The number of amides is 1. The third kappa shape index (κ3) is 3.26. The average Bonchev–Trinajstić information content (AvgIpc) is 2.39. The zero-order chi connectivity index (χ0) is 13.8. The van der Waals surface area contributed by atoms with Crippen molar-refractivity contribution in [2.45, 2.75) is 26.3 Å². The van der Waals surface area contributed by atoms with Crippen molar-refractivity contribution in [3.05, 3.63) is 29.3 Å². The maximum atomic E-state index is 12.4. The highest BCUT2D eigenvalue weighted by Crippen LogP contribution is 2.21. The van der Waals surface area contributed by atoms with Crippen LogP contribution in [0.1, 0.15) is 18.1 Å². The lowest BCUT2D eigenvalue weighted by Crippen LogP contribution is -2.52. The molecular weight excluding hydrogens is 240 g/mol. The number of nitrogens with zero attached hydrogens (tertiary/aromatic N) is 1. The normalized spacial score (nSPS) is 19.3. The lowest BCUT2D eigenvalue weighted by Gasteiger charge is -2.34.